The zero-order valence-electron chi connectivity index (χ0n) is 16.6. The molecule has 0 bridgehead atoms. The fraction of sp³-hybridized carbons (Fsp3) is 0.409. The summed E-state index contributed by atoms with van der Waals surface area (Å²) in [5.41, 5.74) is 3.48. The number of anilines is 2. The molecule has 5 nitrogen and oxygen atoms in total. The zero-order chi connectivity index (χ0) is 20.1. The number of fused-ring (bicyclic) bond motifs is 1. The smallest absolute Gasteiger partial charge is 0.264 e. The molecular formula is C22H26N2O3S. The molecule has 1 fully saturated rings. The van der Waals surface area contributed by atoms with Gasteiger partial charge < -0.3 is 4.90 Å². The van der Waals surface area contributed by atoms with Crippen LogP contribution < -0.4 is 9.21 Å². The van der Waals surface area contributed by atoms with Gasteiger partial charge in [-0.25, -0.2) is 8.42 Å². The first kappa shape index (κ1) is 19.0. The number of hydrogen-bond acceptors (Lipinski definition) is 3. The first-order valence-electron chi connectivity index (χ1n) is 9.88. The van der Waals surface area contributed by atoms with Crippen LogP contribution in [0.15, 0.2) is 47.4 Å². The normalized spacial score (nSPS) is 18.8. The predicted molar refractivity (Wildman–Crippen MR) is 111 cm³/mol. The largest absolute Gasteiger partial charge is 0.309 e. The van der Waals surface area contributed by atoms with Crippen LogP contribution in [-0.2, 0) is 21.2 Å². The highest BCUT2D eigenvalue weighted by Crippen LogP contribution is 2.40. The summed E-state index contributed by atoms with van der Waals surface area (Å²) in [4.78, 5) is 14.8. The minimum atomic E-state index is -3.67. The Labute approximate surface area is 167 Å². The van der Waals surface area contributed by atoms with Crippen molar-refractivity contribution >= 4 is 27.3 Å². The average Bonchev–Trinajstić information content (AvgIpc) is 3.43. The molecule has 4 rings (SSSR count). The maximum absolute atomic E-state index is 13.3. The van der Waals surface area contributed by atoms with Gasteiger partial charge in [-0.2, -0.15) is 0 Å². The summed E-state index contributed by atoms with van der Waals surface area (Å²) < 4.78 is 28.1. The van der Waals surface area contributed by atoms with Crippen LogP contribution in [0.25, 0.3) is 0 Å². The summed E-state index contributed by atoms with van der Waals surface area (Å²) in [7, 11) is -3.67. The Morgan fingerprint density at radius 2 is 1.93 bits per heavy atom. The number of sulfonamides is 1. The molecule has 2 aromatic carbocycles. The van der Waals surface area contributed by atoms with Gasteiger partial charge in [-0.3, -0.25) is 9.10 Å². The van der Waals surface area contributed by atoms with Crippen LogP contribution in [0.5, 0.6) is 0 Å². The van der Waals surface area contributed by atoms with E-state index >= 15 is 0 Å². The summed E-state index contributed by atoms with van der Waals surface area (Å²) in [6, 6.07) is 12.8. The summed E-state index contributed by atoms with van der Waals surface area (Å²) in [6.45, 7) is 6.17. The second kappa shape index (κ2) is 6.92. The Morgan fingerprint density at radius 1 is 1.18 bits per heavy atom. The molecule has 6 heteroatoms. The highest BCUT2D eigenvalue weighted by atomic mass is 32.2. The van der Waals surface area contributed by atoms with Crippen molar-refractivity contribution in [2.24, 2.45) is 5.92 Å². The van der Waals surface area contributed by atoms with E-state index in [0.717, 1.165) is 29.7 Å². The molecule has 0 N–H and O–H groups in total. The molecule has 1 aliphatic heterocycles. The molecule has 2 aliphatic rings. The van der Waals surface area contributed by atoms with Gasteiger partial charge in [0.05, 0.1) is 10.6 Å². The van der Waals surface area contributed by atoms with Gasteiger partial charge in [0, 0.05) is 24.2 Å². The number of nitrogens with zero attached hydrogens (tertiary/aromatic N) is 2. The molecule has 1 aliphatic carbocycles. The van der Waals surface area contributed by atoms with Crippen LogP contribution in [0, 0.1) is 12.8 Å². The summed E-state index contributed by atoms with van der Waals surface area (Å²) >= 11 is 0. The number of carbonyl (C=O) groups excluding carboxylic acids is 1. The predicted octanol–water partition coefficient (Wildman–Crippen LogP) is 3.90. The van der Waals surface area contributed by atoms with Gasteiger partial charge in [-0.05, 0) is 81.5 Å². The molecule has 2 aromatic rings. The van der Waals surface area contributed by atoms with Crippen molar-refractivity contribution in [2.75, 3.05) is 15.7 Å². The third-order valence-corrected chi connectivity index (χ3v) is 7.49. The summed E-state index contributed by atoms with van der Waals surface area (Å²) in [5, 5.41) is 0. The van der Waals surface area contributed by atoms with Crippen LogP contribution >= 0.6 is 0 Å². The van der Waals surface area contributed by atoms with Gasteiger partial charge in [0.1, 0.15) is 0 Å². The monoisotopic (exact) mass is 398 g/mol. The van der Waals surface area contributed by atoms with Gasteiger partial charge in [0.2, 0.25) is 5.91 Å². The van der Waals surface area contributed by atoms with Gasteiger partial charge in [-0.15, -0.1) is 0 Å². The third-order valence-electron chi connectivity index (χ3n) is 5.60. The third kappa shape index (κ3) is 3.20. The molecule has 1 amide bonds. The minimum absolute atomic E-state index is 0.0695. The molecule has 1 heterocycles. The zero-order valence-corrected chi connectivity index (χ0v) is 17.4. The Bertz CT molecular complexity index is 1030. The van der Waals surface area contributed by atoms with Crippen LogP contribution in [0.2, 0.25) is 0 Å². The van der Waals surface area contributed by atoms with E-state index in [1.807, 2.05) is 49.9 Å². The fourth-order valence-corrected chi connectivity index (χ4v) is 5.55. The first-order valence-corrected chi connectivity index (χ1v) is 11.3. The number of carbonyl (C=O) groups is 1. The second-order valence-corrected chi connectivity index (χ2v) is 9.70. The number of aryl methyl sites for hydroxylation is 1. The first-order chi connectivity index (χ1) is 13.3. The van der Waals surface area contributed by atoms with Gasteiger partial charge >= 0.3 is 0 Å². The van der Waals surface area contributed by atoms with Crippen LogP contribution in [0.1, 0.15) is 37.8 Å². The molecule has 0 spiro atoms. The fourth-order valence-electron chi connectivity index (χ4n) is 4.03. The lowest BCUT2D eigenvalue weighted by molar-refractivity contribution is -0.120. The van der Waals surface area contributed by atoms with E-state index in [-0.39, 0.29) is 22.8 Å². The van der Waals surface area contributed by atoms with E-state index in [1.165, 1.54) is 4.31 Å². The highest BCUT2D eigenvalue weighted by Gasteiger charge is 2.40. The lowest BCUT2D eigenvalue weighted by Crippen LogP contribution is -2.36. The van der Waals surface area contributed by atoms with Gasteiger partial charge in [0.25, 0.3) is 10.0 Å². The Hall–Kier alpha value is -2.34. The molecular weight excluding hydrogens is 372 g/mol. The minimum Gasteiger partial charge on any atom is -0.309 e. The molecule has 0 saturated heterocycles. The molecule has 0 unspecified atom stereocenters. The van der Waals surface area contributed by atoms with Crippen molar-refractivity contribution in [1.29, 1.82) is 0 Å². The van der Waals surface area contributed by atoms with E-state index in [1.54, 1.807) is 18.2 Å². The second-order valence-electron chi connectivity index (χ2n) is 7.83. The van der Waals surface area contributed by atoms with Crippen LogP contribution in [-0.4, -0.2) is 26.9 Å². The van der Waals surface area contributed by atoms with Crippen LogP contribution in [0.3, 0.4) is 0 Å². The topological polar surface area (TPSA) is 57.7 Å². The summed E-state index contributed by atoms with van der Waals surface area (Å²) in [6.07, 6.45) is 2.62. The van der Waals surface area contributed by atoms with Crippen molar-refractivity contribution in [1.82, 2.24) is 0 Å². The van der Waals surface area contributed by atoms with E-state index in [2.05, 4.69) is 0 Å². The van der Waals surface area contributed by atoms with E-state index in [0.29, 0.717) is 18.7 Å². The number of amides is 1. The van der Waals surface area contributed by atoms with E-state index in [4.69, 9.17) is 0 Å². The molecule has 28 heavy (non-hydrogen) atoms. The molecule has 0 aromatic heterocycles. The lowest BCUT2D eigenvalue weighted by Gasteiger charge is -2.24. The van der Waals surface area contributed by atoms with Crippen molar-refractivity contribution < 1.29 is 13.2 Å². The van der Waals surface area contributed by atoms with Crippen LogP contribution in [0.4, 0.5) is 11.4 Å². The average molecular weight is 399 g/mol. The Balaban J connectivity index is 1.70. The highest BCUT2D eigenvalue weighted by molar-refractivity contribution is 7.92. The molecule has 0 radical (unpaired) electrons. The quantitative estimate of drug-likeness (QED) is 0.768. The van der Waals surface area contributed by atoms with Gasteiger partial charge in [0.15, 0.2) is 0 Å². The van der Waals surface area contributed by atoms with Crippen molar-refractivity contribution in [3.63, 3.8) is 0 Å². The maximum atomic E-state index is 13.3. The number of rotatable bonds is 5. The molecule has 148 valence electrons. The number of benzene rings is 2. The van der Waals surface area contributed by atoms with Crippen molar-refractivity contribution in [3.05, 3.63) is 53.6 Å². The SMILES string of the molecule is CCN(c1cccc(C)c1)S(=O)(=O)c1ccc2c(c1)C[C@@H](C)N2C(=O)C1CC1. The summed E-state index contributed by atoms with van der Waals surface area (Å²) in [5.74, 6) is 0.325. The molecule has 1 atom stereocenters. The van der Waals surface area contributed by atoms with E-state index in [9.17, 15) is 13.2 Å². The maximum Gasteiger partial charge on any atom is 0.264 e. The lowest BCUT2D eigenvalue weighted by atomic mass is 10.1. The van der Waals surface area contributed by atoms with E-state index < -0.39 is 10.0 Å². The van der Waals surface area contributed by atoms with Crippen molar-refractivity contribution in [3.8, 4) is 0 Å². The van der Waals surface area contributed by atoms with Crippen molar-refractivity contribution in [2.45, 2.75) is 51.0 Å². The standard InChI is InChI=1S/C22H26N2O3S/c1-4-23(19-7-5-6-15(2)12-19)28(26,27)20-10-11-21-18(14-20)13-16(3)24(21)22(25)17-8-9-17/h5-7,10-12,14,16-17H,4,8-9,13H2,1-3H3/t16-/m1/s1. The Kier molecular flexibility index (Phi) is 4.70. The van der Waals surface area contributed by atoms with Gasteiger partial charge in [-0.1, -0.05) is 12.1 Å². The molecule has 1 saturated carbocycles. The Morgan fingerprint density at radius 3 is 2.57 bits per heavy atom. The number of hydrogen-bond donors (Lipinski definition) is 0.